The number of methoxy groups -OCH3 is 2. The second-order valence-corrected chi connectivity index (χ2v) is 13.0. The van der Waals surface area contributed by atoms with Crippen molar-refractivity contribution in [1.29, 1.82) is 0 Å². The Balaban J connectivity index is -0.000000911. The fourth-order valence-corrected chi connectivity index (χ4v) is 7.69. The summed E-state index contributed by atoms with van der Waals surface area (Å²) in [5.41, 5.74) is -4.09. The normalized spacial score (nSPS) is 13.6. The molecule has 182 valence electrons. The molecule has 1 aromatic rings. The maximum atomic E-state index is 14.1. The van der Waals surface area contributed by atoms with Gasteiger partial charge in [-0.2, -0.15) is 13.2 Å². The van der Waals surface area contributed by atoms with E-state index in [-0.39, 0.29) is 66.7 Å². The number of benzene rings is 1. The van der Waals surface area contributed by atoms with Gasteiger partial charge in [-0.05, 0) is 47.6 Å². The molecule has 0 aliphatic carbocycles. The molecule has 0 spiro atoms. The van der Waals surface area contributed by atoms with Crippen LogP contribution in [0.15, 0.2) is 12.1 Å². The van der Waals surface area contributed by atoms with Crippen LogP contribution in [0.3, 0.4) is 0 Å². The second kappa shape index (κ2) is 13.2. The third-order valence-corrected chi connectivity index (χ3v) is 9.11. The molecule has 0 aliphatic rings. The predicted octanol–water partition coefficient (Wildman–Crippen LogP) is -1.21. The molecule has 1 atom stereocenters. The Bertz CT molecular complexity index is 668. The Morgan fingerprint density at radius 2 is 1.39 bits per heavy atom. The minimum absolute atomic E-state index is 0. The van der Waals surface area contributed by atoms with Crippen LogP contribution in [0.1, 0.15) is 47.1 Å². The van der Waals surface area contributed by atoms with Gasteiger partial charge in [0, 0.05) is 36.0 Å². The summed E-state index contributed by atoms with van der Waals surface area (Å²) in [6.45, 7) is 11.2. The summed E-state index contributed by atoms with van der Waals surface area (Å²) in [7, 11) is 0.642. The van der Waals surface area contributed by atoms with E-state index in [0.29, 0.717) is 0 Å². The zero-order chi connectivity index (χ0) is 21.4. The first-order valence-corrected chi connectivity index (χ1v) is 10.3. The van der Waals surface area contributed by atoms with E-state index in [4.69, 9.17) is 9.47 Å². The van der Waals surface area contributed by atoms with Gasteiger partial charge in [0.2, 0.25) is 5.60 Å². The summed E-state index contributed by atoms with van der Waals surface area (Å²) in [4.78, 5) is 0. The van der Waals surface area contributed by atoms with Crippen molar-refractivity contribution in [3.05, 3.63) is 25.1 Å². The summed E-state index contributed by atoms with van der Waals surface area (Å²) in [6, 6.07) is 2.13. The Morgan fingerprint density at radius 3 is 1.68 bits per heavy atom. The predicted molar refractivity (Wildman–Crippen MR) is 108 cm³/mol. The van der Waals surface area contributed by atoms with E-state index in [1.54, 1.807) is 0 Å². The third-order valence-electron chi connectivity index (χ3n) is 4.62. The van der Waals surface area contributed by atoms with Gasteiger partial charge in [0.05, 0.1) is 24.5 Å². The van der Waals surface area contributed by atoms with Crippen LogP contribution in [-0.4, -0.2) is 42.0 Å². The van der Waals surface area contributed by atoms with Crippen molar-refractivity contribution >= 4 is 7.92 Å². The average molecular weight is 527 g/mol. The molecule has 0 heterocycles. The Morgan fingerprint density at radius 1 is 0.968 bits per heavy atom. The van der Waals surface area contributed by atoms with E-state index in [1.165, 1.54) is 13.2 Å². The van der Waals surface area contributed by atoms with Crippen molar-refractivity contribution in [2.75, 3.05) is 20.4 Å². The molecule has 0 fully saturated rings. The van der Waals surface area contributed by atoms with Gasteiger partial charge in [-0.1, -0.05) is 5.75 Å². The summed E-state index contributed by atoms with van der Waals surface area (Å²) in [5, 5.41) is 22.6. The number of hydrogen-bond acceptors (Lipinski definition) is 4. The first kappa shape index (κ1) is 38.4. The van der Waals surface area contributed by atoms with Crippen molar-refractivity contribution in [1.82, 2.24) is 0 Å². The van der Waals surface area contributed by atoms with Gasteiger partial charge in [-0.25, -0.2) is 0 Å². The fourth-order valence-electron chi connectivity index (χ4n) is 3.49. The largest absolute Gasteiger partial charge is 1.00 e. The molecule has 1 N–H and O–H groups in total. The number of aliphatic hydroxyl groups is 1. The molecule has 0 aliphatic heterocycles. The van der Waals surface area contributed by atoms with Crippen molar-refractivity contribution < 1.29 is 80.6 Å². The van der Waals surface area contributed by atoms with E-state index in [0.717, 1.165) is 13.2 Å². The van der Waals surface area contributed by atoms with Crippen LogP contribution in [-0.2, 0) is 22.1 Å². The van der Waals surface area contributed by atoms with Crippen LogP contribution in [0.2, 0.25) is 0 Å². The van der Waals surface area contributed by atoms with Crippen LogP contribution < -0.4 is 45.8 Å². The molecular formula is C20H33ClF3LiNiO4P-. The van der Waals surface area contributed by atoms with Gasteiger partial charge in [-0.15, -0.1) is 0 Å². The van der Waals surface area contributed by atoms with E-state index in [9.17, 15) is 23.4 Å². The van der Waals surface area contributed by atoms with Gasteiger partial charge in [-0.3, -0.25) is 0 Å². The van der Waals surface area contributed by atoms with Crippen molar-refractivity contribution in [2.45, 2.75) is 63.6 Å². The van der Waals surface area contributed by atoms with Crippen LogP contribution >= 0.6 is 7.92 Å². The zero-order valence-corrected chi connectivity index (χ0v) is 22.6. The molecule has 0 saturated carbocycles. The molecule has 4 nitrogen and oxygen atoms in total. The number of rotatable bonds is 5. The minimum atomic E-state index is -5.04. The molecule has 0 saturated heterocycles. The van der Waals surface area contributed by atoms with Gasteiger partial charge in [0.25, 0.3) is 0 Å². The first-order chi connectivity index (χ1) is 12.0. The average Bonchev–Trinajstić information content (AvgIpc) is 2.47. The topological polar surface area (TPSA) is 61.8 Å². The summed E-state index contributed by atoms with van der Waals surface area (Å²) in [6.07, 6.45) is -5.60. The molecule has 0 aromatic heterocycles. The minimum Gasteiger partial charge on any atom is -1.00 e. The SMILES string of the molecule is COc1cc([O-])c(C(O)(C[PH+](C(C)(C)C)C(C)(C)C)C(F)(F)F)c(OC)c1.[CH3-].[Cl-].[Li+].[Ni]. The summed E-state index contributed by atoms with van der Waals surface area (Å²) < 4.78 is 52.4. The Labute approximate surface area is 214 Å². The van der Waals surface area contributed by atoms with E-state index in [2.05, 4.69) is 0 Å². The standard InChI is InChI=1S/C19H30F3O4P.CH3.ClH.Li.Ni/c1-16(2,3)27(17(4,5)6)11-18(24,19(20,21)22)15-13(23)9-12(25-7)10-14(15)26-8;;;;/h9-10,23-24H,11H2,1-8H3;1H3;1H;;/q;-1;;+1;/p-1. The number of ether oxygens (including phenoxy) is 2. The smallest absolute Gasteiger partial charge is 1.00 e. The monoisotopic (exact) mass is 525 g/mol. The molecule has 11 heteroatoms. The maximum absolute atomic E-state index is 14.1. The molecular weight excluding hydrogens is 493 g/mol. The Kier molecular flexibility index (Phi) is 16.3. The van der Waals surface area contributed by atoms with Gasteiger partial charge in [0.15, 0.2) is 0 Å². The number of alkyl halides is 3. The molecule has 1 rings (SSSR count). The Hall–Kier alpha value is 0.181. The van der Waals surface area contributed by atoms with Gasteiger partial charge >= 0.3 is 25.0 Å². The van der Waals surface area contributed by atoms with Crippen molar-refractivity contribution in [2.24, 2.45) is 0 Å². The molecule has 0 radical (unpaired) electrons. The fraction of sp³-hybridized carbons (Fsp3) is 0.650. The van der Waals surface area contributed by atoms with E-state index < -0.39 is 47.5 Å². The van der Waals surface area contributed by atoms with E-state index in [1.807, 2.05) is 41.5 Å². The van der Waals surface area contributed by atoms with Gasteiger partial charge in [0.1, 0.15) is 17.7 Å². The quantitative estimate of drug-likeness (QED) is 0.298. The number of hydrogen-bond donors (Lipinski definition) is 1. The molecule has 1 aromatic carbocycles. The molecule has 31 heavy (non-hydrogen) atoms. The van der Waals surface area contributed by atoms with Crippen LogP contribution in [0.4, 0.5) is 13.2 Å². The summed E-state index contributed by atoms with van der Waals surface area (Å²) in [5.74, 6) is -1.22. The third kappa shape index (κ3) is 8.80. The molecule has 0 bridgehead atoms. The van der Waals surface area contributed by atoms with Crippen LogP contribution in [0.5, 0.6) is 17.2 Å². The number of halogens is 4. The van der Waals surface area contributed by atoms with Crippen molar-refractivity contribution in [3.63, 3.8) is 0 Å². The first-order valence-electron chi connectivity index (χ1n) is 8.58. The van der Waals surface area contributed by atoms with Gasteiger partial charge < -0.3 is 39.5 Å². The van der Waals surface area contributed by atoms with Crippen LogP contribution in [0.25, 0.3) is 0 Å². The molecule has 1 unspecified atom stereocenters. The zero-order valence-electron chi connectivity index (χ0n) is 19.9. The van der Waals surface area contributed by atoms with Crippen molar-refractivity contribution in [3.8, 4) is 17.2 Å². The summed E-state index contributed by atoms with van der Waals surface area (Å²) >= 11 is 0. The second-order valence-electron chi connectivity index (χ2n) is 8.72. The molecule has 0 amide bonds. The van der Waals surface area contributed by atoms with E-state index >= 15 is 0 Å². The maximum Gasteiger partial charge on any atom is 1.00 e. The van der Waals surface area contributed by atoms with Crippen LogP contribution in [0, 0.1) is 7.43 Å².